The molecule has 0 bridgehead atoms. The molecule has 0 amide bonds. The number of ether oxygens (including phenoxy) is 1. The Kier molecular flexibility index (Phi) is 12.4. The SMILES string of the molecule is CC(C)COC(=O)c1nnc(N=Nc2cc3c(cc2NS(=O)CF)N(CC(C)C)C(C)CC3)s1.FCF. The van der Waals surface area contributed by atoms with Crippen molar-refractivity contribution in [3.8, 4) is 0 Å². The lowest BCUT2D eigenvalue weighted by atomic mass is 9.94. The first-order chi connectivity index (χ1) is 17.6. The summed E-state index contributed by atoms with van der Waals surface area (Å²) in [7, 11) is -1.90. The number of rotatable bonds is 10. The van der Waals surface area contributed by atoms with Crippen molar-refractivity contribution in [3.63, 3.8) is 0 Å². The number of benzene rings is 1. The highest BCUT2D eigenvalue weighted by atomic mass is 32.2. The molecule has 14 heteroatoms. The van der Waals surface area contributed by atoms with Crippen LogP contribution in [0.2, 0.25) is 0 Å². The second-order valence-electron chi connectivity index (χ2n) is 9.17. The van der Waals surface area contributed by atoms with Crippen molar-refractivity contribution < 1.29 is 26.9 Å². The Balaban J connectivity index is 0.00000153. The number of hydrogen-bond donors (Lipinski definition) is 1. The van der Waals surface area contributed by atoms with Gasteiger partial charge in [0.2, 0.25) is 11.9 Å². The Morgan fingerprint density at radius 3 is 2.54 bits per heavy atom. The third kappa shape index (κ3) is 9.33. The van der Waals surface area contributed by atoms with Crippen molar-refractivity contribution in [3.05, 3.63) is 22.7 Å². The van der Waals surface area contributed by atoms with E-state index in [0.29, 0.717) is 23.3 Å². The number of esters is 1. The fraction of sp³-hybridized carbons (Fsp3) is 0.609. The number of azo groups is 1. The first-order valence-electron chi connectivity index (χ1n) is 11.8. The van der Waals surface area contributed by atoms with Gasteiger partial charge in [-0.3, -0.25) is 0 Å². The average molecular weight is 563 g/mol. The van der Waals surface area contributed by atoms with E-state index in [4.69, 9.17) is 4.74 Å². The molecule has 1 aliphatic rings. The van der Waals surface area contributed by atoms with Crippen molar-refractivity contribution in [2.45, 2.75) is 53.5 Å². The maximum Gasteiger partial charge on any atom is 0.369 e. The van der Waals surface area contributed by atoms with E-state index >= 15 is 0 Å². The lowest BCUT2D eigenvalue weighted by Gasteiger charge is -2.38. The van der Waals surface area contributed by atoms with Gasteiger partial charge < -0.3 is 14.4 Å². The molecule has 37 heavy (non-hydrogen) atoms. The van der Waals surface area contributed by atoms with E-state index in [1.54, 1.807) is 0 Å². The third-order valence-corrected chi connectivity index (χ3v) is 6.57. The molecule has 3 rings (SSSR count). The van der Waals surface area contributed by atoms with Crippen molar-refractivity contribution in [1.82, 2.24) is 10.2 Å². The zero-order valence-corrected chi connectivity index (χ0v) is 23.2. The Morgan fingerprint density at radius 1 is 1.22 bits per heavy atom. The number of nitrogens with one attached hydrogen (secondary N) is 1. The van der Waals surface area contributed by atoms with E-state index in [2.05, 4.69) is 50.8 Å². The Morgan fingerprint density at radius 2 is 1.92 bits per heavy atom. The van der Waals surface area contributed by atoms with E-state index < -0.39 is 29.9 Å². The lowest BCUT2D eigenvalue weighted by molar-refractivity contribution is 0.0457. The minimum Gasteiger partial charge on any atom is -0.460 e. The van der Waals surface area contributed by atoms with E-state index in [1.165, 1.54) is 0 Å². The third-order valence-electron chi connectivity index (χ3n) is 5.13. The number of carbonyl (C=O) groups excluding carboxylic acids is 1. The van der Waals surface area contributed by atoms with Gasteiger partial charge in [-0.15, -0.1) is 20.4 Å². The van der Waals surface area contributed by atoms with Crippen LogP contribution in [-0.4, -0.2) is 52.5 Å². The van der Waals surface area contributed by atoms with Gasteiger partial charge in [0.05, 0.1) is 12.3 Å². The van der Waals surface area contributed by atoms with Crippen LogP contribution in [0.3, 0.4) is 0 Å². The van der Waals surface area contributed by atoms with Crippen molar-refractivity contribution in [1.29, 1.82) is 0 Å². The fourth-order valence-corrected chi connectivity index (χ4v) is 4.59. The van der Waals surface area contributed by atoms with Gasteiger partial charge >= 0.3 is 5.97 Å². The van der Waals surface area contributed by atoms with Gasteiger partial charge in [0.25, 0.3) is 5.13 Å². The summed E-state index contributed by atoms with van der Waals surface area (Å²) in [5.41, 5.74) is 2.96. The summed E-state index contributed by atoms with van der Waals surface area (Å²) in [4.78, 5) is 14.4. The topological polar surface area (TPSA) is 109 Å². The largest absolute Gasteiger partial charge is 0.460 e. The number of fused-ring (bicyclic) bond motifs is 1. The van der Waals surface area contributed by atoms with Crippen LogP contribution in [0.1, 0.15) is 56.4 Å². The number of halogens is 3. The van der Waals surface area contributed by atoms with Crippen LogP contribution >= 0.6 is 11.3 Å². The zero-order valence-electron chi connectivity index (χ0n) is 21.5. The van der Waals surface area contributed by atoms with Gasteiger partial charge in [-0.25, -0.2) is 22.2 Å². The summed E-state index contributed by atoms with van der Waals surface area (Å²) in [5, 5.41) is 16.4. The van der Waals surface area contributed by atoms with Crippen LogP contribution in [0, 0.1) is 11.8 Å². The second kappa shape index (κ2) is 15.0. The summed E-state index contributed by atoms with van der Waals surface area (Å²) in [6, 6.07) is 3.08. The molecule has 0 fully saturated rings. The molecule has 0 radical (unpaired) electrons. The van der Waals surface area contributed by atoms with Crippen LogP contribution in [0.25, 0.3) is 0 Å². The highest BCUT2D eigenvalue weighted by Gasteiger charge is 2.26. The maximum atomic E-state index is 13.0. The maximum absolute atomic E-state index is 13.0. The number of nitrogens with zero attached hydrogens (tertiary/aromatic N) is 5. The van der Waals surface area contributed by atoms with Gasteiger partial charge in [0.1, 0.15) is 16.7 Å². The summed E-state index contributed by atoms with van der Waals surface area (Å²) < 4.78 is 52.1. The molecule has 0 saturated heterocycles. The number of anilines is 2. The second-order valence-corrected chi connectivity index (χ2v) is 11.2. The van der Waals surface area contributed by atoms with E-state index in [0.717, 1.165) is 42.0 Å². The van der Waals surface area contributed by atoms with Crippen molar-refractivity contribution >= 4 is 50.5 Å². The summed E-state index contributed by atoms with van der Waals surface area (Å²) in [6.07, 6.45) is 1.86. The van der Waals surface area contributed by atoms with Crippen LogP contribution in [0.5, 0.6) is 0 Å². The average Bonchev–Trinajstić information content (AvgIpc) is 3.32. The zero-order chi connectivity index (χ0) is 27.5. The number of aromatic nitrogens is 2. The first-order valence-corrected chi connectivity index (χ1v) is 13.9. The Labute approximate surface area is 221 Å². The van der Waals surface area contributed by atoms with E-state index in [-0.39, 0.29) is 22.7 Å². The van der Waals surface area contributed by atoms with Gasteiger partial charge in [0.15, 0.2) is 6.01 Å². The van der Waals surface area contributed by atoms with Crippen molar-refractivity contribution in [2.24, 2.45) is 22.1 Å². The van der Waals surface area contributed by atoms with Gasteiger partial charge in [0, 0.05) is 18.3 Å². The molecule has 2 aromatic rings. The first kappa shape index (κ1) is 30.6. The quantitative estimate of drug-likeness (QED) is 0.263. The molecular formula is C23H33F3N6O3S2. The Hall–Kier alpha value is -2.61. The molecule has 1 N–H and O–H groups in total. The van der Waals surface area contributed by atoms with Crippen LogP contribution < -0.4 is 9.62 Å². The molecule has 1 aromatic carbocycles. The lowest BCUT2D eigenvalue weighted by Crippen LogP contribution is -2.39. The monoisotopic (exact) mass is 562 g/mol. The molecule has 1 aromatic heterocycles. The molecule has 2 unspecified atom stereocenters. The predicted octanol–water partition coefficient (Wildman–Crippen LogP) is 6.45. The van der Waals surface area contributed by atoms with Crippen LogP contribution in [0.4, 0.5) is 35.4 Å². The van der Waals surface area contributed by atoms with Gasteiger partial charge in [-0.2, -0.15) is 0 Å². The number of aryl methyl sites for hydroxylation is 1. The summed E-state index contributed by atoms with van der Waals surface area (Å²) in [5.74, 6) is 0.116. The molecule has 206 valence electrons. The van der Waals surface area contributed by atoms with E-state index in [9.17, 15) is 22.2 Å². The molecule has 2 atom stereocenters. The molecule has 0 spiro atoms. The highest BCUT2D eigenvalue weighted by Crippen LogP contribution is 2.40. The minimum absolute atomic E-state index is 0.0928. The molecule has 0 saturated carbocycles. The van der Waals surface area contributed by atoms with Gasteiger partial charge in [-0.05, 0) is 49.3 Å². The number of alkyl halides is 3. The van der Waals surface area contributed by atoms with Gasteiger partial charge in [-0.1, -0.05) is 39.0 Å². The molecule has 0 aliphatic carbocycles. The smallest absolute Gasteiger partial charge is 0.369 e. The highest BCUT2D eigenvalue weighted by molar-refractivity contribution is 7.86. The summed E-state index contributed by atoms with van der Waals surface area (Å²) in [6.45, 7) is 9.81. The molecule has 2 heterocycles. The normalized spacial score (nSPS) is 15.9. The van der Waals surface area contributed by atoms with Crippen LogP contribution in [-0.2, 0) is 22.1 Å². The standard InChI is InChI=1S/C22H31FN6O3S2.CH2F2/c1-13(2)10-29-15(5)6-7-16-8-17(18(9-19(16)29)28-34(31)12-23)24-26-22-27-25-20(33-22)21(30)32-11-14(3)4;2-1-3/h8-9,13-15,28H,6-7,10-12H2,1-5H3;1H2. The molecule has 1 aliphatic heterocycles. The number of hydrogen-bond acceptors (Lipinski definition) is 9. The van der Waals surface area contributed by atoms with Crippen molar-refractivity contribution in [2.75, 3.05) is 35.7 Å². The molecular weight excluding hydrogens is 529 g/mol. The minimum atomic E-state index is -1.90. The van der Waals surface area contributed by atoms with E-state index in [1.807, 2.05) is 26.0 Å². The molecule has 9 nitrogen and oxygen atoms in total. The van der Waals surface area contributed by atoms with Crippen LogP contribution in [0.15, 0.2) is 22.4 Å². The fourth-order valence-electron chi connectivity index (χ4n) is 3.57. The number of carbonyl (C=O) groups is 1. The predicted molar refractivity (Wildman–Crippen MR) is 140 cm³/mol. The summed E-state index contributed by atoms with van der Waals surface area (Å²) >= 11 is 0.967. The Bertz CT molecular complexity index is 1080.